The van der Waals surface area contributed by atoms with E-state index in [0.717, 1.165) is 6.42 Å². The normalized spacial score (nSPS) is 12.7. The monoisotopic (exact) mass is 276 g/mol. The molecular formula is C11H17ClN2O2S. The van der Waals surface area contributed by atoms with Crippen LogP contribution in [0.5, 0.6) is 0 Å². The standard InChI is InChI=1S/C11H17ClN2O2S/c1-4-8-9(12)13-11(16)14(10(8)15)6-5-7(2)17-3/h7H,4-6H2,1-3H3,(H,13,16). The third-order valence-electron chi connectivity index (χ3n) is 2.75. The van der Waals surface area contributed by atoms with Crippen molar-refractivity contribution in [3.8, 4) is 0 Å². The number of halogens is 1. The first-order valence-corrected chi connectivity index (χ1v) is 7.22. The van der Waals surface area contributed by atoms with Crippen LogP contribution in [-0.2, 0) is 13.0 Å². The van der Waals surface area contributed by atoms with E-state index in [1.54, 1.807) is 11.8 Å². The van der Waals surface area contributed by atoms with Crippen molar-refractivity contribution in [3.63, 3.8) is 0 Å². The highest BCUT2D eigenvalue weighted by Crippen LogP contribution is 2.10. The zero-order valence-corrected chi connectivity index (χ0v) is 11.8. The lowest BCUT2D eigenvalue weighted by atomic mass is 10.2. The lowest BCUT2D eigenvalue weighted by Crippen LogP contribution is -2.37. The van der Waals surface area contributed by atoms with Crippen molar-refractivity contribution in [1.29, 1.82) is 0 Å². The first-order chi connectivity index (χ1) is 8.01. The maximum absolute atomic E-state index is 12.0. The van der Waals surface area contributed by atoms with Gasteiger partial charge in [0, 0.05) is 11.8 Å². The molecule has 0 saturated heterocycles. The summed E-state index contributed by atoms with van der Waals surface area (Å²) in [5.41, 5.74) is -0.219. The molecule has 0 amide bonds. The molecule has 0 aliphatic rings. The molecule has 0 aliphatic heterocycles. The molecule has 0 bridgehead atoms. The molecule has 1 heterocycles. The zero-order valence-electron chi connectivity index (χ0n) is 10.2. The fourth-order valence-corrected chi connectivity index (χ4v) is 2.16. The maximum atomic E-state index is 12.0. The van der Waals surface area contributed by atoms with Crippen LogP contribution in [0.25, 0.3) is 0 Å². The molecule has 0 aliphatic carbocycles. The third-order valence-corrected chi connectivity index (χ3v) is 4.11. The van der Waals surface area contributed by atoms with Crippen LogP contribution in [0.4, 0.5) is 0 Å². The minimum atomic E-state index is -0.425. The second kappa shape index (κ2) is 6.31. The van der Waals surface area contributed by atoms with E-state index in [1.807, 2.05) is 13.2 Å². The Bertz CT molecular complexity index is 495. The molecule has 0 aromatic carbocycles. The van der Waals surface area contributed by atoms with Crippen molar-refractivity contribution >= 4 is 23.4 Å². The van der Waals surface area contributed by atoms with Crippen LogP contribution in [0.2, 0.25) is 5.15 Å². The van der Waals surface area contributed by atoms with Gasteiger partial charge in [0.2, 0.25) is 0 Å². The Labute approximate surface area is 109 Å². The summed E-state index contributed by atoms with van der Waals surface area (Å²) in [5.74, 6) is 0. The van der Waals surface area contributed by atoms with Crippen LogP contribution in [0.15, 0.2) is 9.59 Å². The summed E-state index contributed by atoms with van der Waals surface area (Å²) in [6.07, 6.45) is 3.32. The van der Waals surface area contributed by atoms with E-state index in [1.165, 1.54) is 4.57 Å². The van der Waals surface area contributed by atoms with Crippen molar-refractivity contribution in [2.24, 2.45) is 0 Å². The highest BCUT2D eigenvalue weighted by molar-refractivity contribution is 7.99. The van der Waals surface area contributed by atoms with Gasteiger partial charge in [0.1, 0.15) is 5.15 Å². The van der Waals surface area contributed by atoms with Gasteiger partial charge in [0.05, 0.1) is 5.56 Å². The SMILES string of the molecule is CCc1c(Cl)[nH]c(=O)n(CCC(C)SC)c1=O. The fraction of sp³-hybridized carbons (Fsp3) is 0.636. The second-order valence-corrected chi connectivity index (χ2v) is 5.52. The first kappa shape index (κ1) is 14.4. The van der Waals surface area contributed by atoms with Gasteiger partial charge in [-0.05, 0) is 19.1 Å². The number of aromatic nitrogens is 2. The van der Waals surface area contributed by atoms with Crippen LogP contribution in [-0.4, -0.2) is 21.1 Å². The first-order valence-electron chi connectivity index (χ1n) is 5.55. The predicted molar refractivity (Wildman–Crippen MR) is 73.3 cm³/mol. The number of hydrogen-bond donors (Lipinski definition) is 1. The molecule has 4 nitrogen and oxygen atoms in total. The van der Waals surface area contributed by atoms with Gasteiger partial charge in [-0.2, -0.15) is 11.8 Å². The van der Waals surface area contributed by atoms with Crippen LogP contribution < -0.4 is 11.2 Å². The molecule has 1 aromatic rings. The van der Waals surface area contributed by atoms with E-state index < -0.39 is 5.69 Å². The molecule has 17 heavy (non-hydrogen) atoms. The number of thioether (sulfide) groups is 1. The highest BCUT2D eigenvalue weighted by atomic mass is 35.5. The quantitative estimate of drug-likeness (QED) is 0.836. The molecular weight excluding hydrogens is 260 g/mol. The smallest absolute Gasteiger partial charge is 0.297 e. The highest BCUT2D eigenvalue weighted by Gasteiger charge is 2.11. The minimum Gasteiger partial charge on any atom is -0.297 e. The average Bonchev–Trinajstić information content (AvgIpc) is 2.28. The Morgan fingerprint density at radius 1 is 1.47 bits per heavy atom. The number of hydrogen-bond acceptors (Lipinski definition) is 3. The molecule has 6 heteroatoms. The number of aromatic amines is 1. The van der Waals surface area contributed by atoms with Crippen LogP contribution in [0.1, 0.15) is 25.8 Å². The summed E-state index contributed by atoms with van der Waals surface area (Å²) < 4.78 is 1.23. The number of H-pyrrole nitrogens is 1. The van der Waals surface area contributed by atoms with Gasteiger partial charge in [-0.25, -0.2) is 4.79 Å². The minimum absolute atomic E-state index is 0.164. The molecule has 0 spiro atoms. The average molecular weight is 277 g/mol. The molecule has 1 rings (SSSR count). The van der Waals surface area contributed by atoms with Crippen LogP contribution in [0.3, 0.4) is 0 Å². The fourth-order valence-electron chi connectivity index (χ4n) is 1.52. The summed E-state index contributed by atoms with van der Waals surface area (Å²) in [6, 6.07) is 0. The Morgan fingerprint density at radius 3 is 2.65 bits per heavy atom. The van der Waals surface area contributed by atoms with Crippen molar-refractivity contribution in [3.05, 3.63) is 31.6 Å². The summed E-state index contributed by atoms with van der Waals surface area (Å²) >= 11 is 7.54. The van der Waals surface area contributed by atoms with Crippen molar-refractivity contribution in [2.45, 2.75) is 38.5 Å². The third kappa shape index (κ3) is 3.39. The maximum Gasteiger partial charge on any atom is 0.329 e. The van der Waals surface area contributed by atoms with Crippen LogP contribution >= 0.6 is 23.4 Å². The van der Waals surface area contributed by atoms with E-state index in [4.69, 9.17) is 11.6 Å². The van der Waals surface area contributed by atoms with Gasteiger partial charge < -0.3 is 0 Å². The molecule has 0 saturated carbocycles. The Morgan fingerprint density at radius 2 is 2.12 bits per heavy atom. The second-order valence-electron chi connectivity index (χ2n) is 3.87. The Balaban J connectivity index is 3.08. The number of nitrogens with one attached hydrogen (secondary N) is 1. The van der Waals surface area contributed by atoms with Crippen LogP contribution in [0, 0.1) is 0 Å². The zero-order chi connectivity index (χ0) is 13.0. The molecule has 0 radical (unpaired) electrons. The van der Waals surface area contributed by atoms with E-state index in [9.17, 15) is 9.59 Å². The van der Waals surface area contributed by atoms with Gasteiger partial charge >= 0.3 is 5.69 Å². The summed E-state index contributed by atoms with van der Waals surface area (Å²) in [5, 5.41) is 0.582. The van der Waals surface area contributed by atoms with Gasteiger partial charge in [-0.3, -0.25) is 14.3 Å². The van der Waals surface area contributed by atoms with E-state index >= 15 is 0 Å². The summed E-state index contributed by atoms with van der Waals surface area (Å²) in [7, 11) is 0. The lowest BCUT2D eigenvalue weighted by molar-refractivity contribution is 0.583. The molecule has 0 fully saturated rings. The van der Waals surface area contributed by atoms with Gasteiger partial charge in [0.25, 0.3) is 5.56 Å². The lowest BCUT2D eigenvalue weighted by Gasteiger charge is -2.10. The predicted octanol–water partition coefficient (Wildman–Crippen LogP) is 1.89. The Hall–Kier alpha value is -0.680. The molecule has 1 unspecified atom stereocenters. The summed E-state index contributed by atoms with van der Waals surface area (Å²) in [4.78, 5) is 26.1. The van der Waals surface area contributed by atoms with Crippen molar-refractivity contribution in [1.82, 2.24) is 9.55 Å². The van der Waals surface area contributed by atoms with Gasteiger partial charge in [0.15, 0.2) is 0 Å². The van der Waals surface area contributed by atoms with E-state index in [0.29, 0.717) is 23.8 Å². The van der Waals surface area contributed by atoms with Crippen molar-refractivity contribution in [2.75, 3.05) is 6.26 Å². The number of rotatable bonds is 5. The summed E-state index contributed by atoms with van der Waals surface area (Å²) in [6.45, 7) is 4.34. The van der Waals surface area contributed by atoms with E-state index in [2.05, 4.69) is 11.9 Å². The molecule has 96 valence electrons. The van der Waals surface area contributed by atoms with E-state index in [-0.39, 0.29) is 10.7 Å². The van der Waals surface area contributed by atoms with Gasteiger partial charge in [-0.1, -0.05) is 25.4 Å². The molecule has 1 N–H and O–H groups in total. The van der Waals surface area contributed by atoms with Crippen molar-refractivity contribution < 1.29 is 0 Å². The molecule has 1 aromatic heterocycles. The largest absolute Gasteiger partial charge is 0.329 e. The van der Waals surface area contributed by atoms with Gasteiger partial charge in [-0.15, -0.1) is 0 Å². The molecule has 1 atom stereocenters. The number of nitrogens with zero attached hydrogens (tertiary/aromatic N) is 1. The Kier molecular flexibility index (Phi) is 5.33. The topological polar surface area (TPSA) is 54.9 Å².